The molecule has 1 fully saturated rings. The van der Waals surface area contributed by atoms with Crippen LogP contribution < -0.4 is 5.73 Å². The highest BCUT2D eigenvalue weighted by molar-refractivity contribution is 5.81. The maximum Gasteiger partial charge on any atom is 0.0960 e. The summed E-state index contributed by atoms with van der Waals surface area (Å²) in [7, 11) is 1.97. The SMILES string of the molecule is Cn1nc(COC2CCCCC2N)c2ccccc21. The van der Waals surface area contributed by atoms with Gasteiger partial charge in [0.2, 0.25) is 0 Å². The number of ether oxygens (including phenoxy) is 1. The number of nitrogens with zero attached hydrogens (tertiary/aromatic N) is 2. The van der Waals surface area contributed by atoms with Crippen LogP contribution >= 0.6 is 0 Å². The van der Waals surface area contributed by atoms with Gasteiger partial charge in [0.05, 0.1) is 23.9 Å². The molecule has 4 heteroatoms. The molecule has 0 saturated heterocycles. The maximum absolute atomic E-state index is 6.11. The van der Waals surface area contributed by atoms with E-state index in [1.54, 1.807) is 0 Å². The maximum atomic E-state index is 6.11. The third-order valence-electron chi connectivity index (χ3n) is 4.02. The summed E-state index contributed by atoms with van der Waals surface area (Å²) < 4.78 is 7.91. The van der Waals surface area contributed by atoms with Crippen molar-refractivity contribution in [3.63, 3.8) is 0 Å². The second-order valence-corrected chi connectivity index (χ2v) is 5.39. The van der Waals surface area contributed by atoms with Crippen molar-refractivity contribution >= 4 is 10.9 Å². The van der Waals surface area contributed by atoms with Crippen molar-refractivity contribution in [3.8, 4) is 0 Å². The van der Waals surface area contributed by atoms with Crippen molar-refractivity contribution in [1.29, 1.82) is 0 Å². The lowest BCUT2D eigenvalue weighted by atomic mass is 9.93. The second-order valence-electron chi connectivity index (χ2n) is 5.39. The van der Waals surface area contributed by atoms with Crippen LogP contribution in [0.4, 0.5) is 0 Å². The van der Waals surface area contributed by atoms with E-state index < -0.39 is 0 Å². The molecule has 1 aromatic heterocycles. The van der Waals surface area contributed by atoms with Gasteiger partial charge in [-0.05, 0) is 18.9 Å². The molecular weight excluding hydrogens is 238 g/mol. The van der Waals surface area contributed by atoms with E-state index in [1.807, 2.05) is 23.9 Å². The Kier molecular flexibility index (Phi) is 3.53. The van der Waals surface area contributed by atoms with Crippen molar-refractivity contribution in [1.82, 2.24) is 9.78 Å². The first-order valence-corrected chi connectivity index (χ1v) is 7.03. The molecule has 2 atom stereocenters. The highest BCUT2D eigenvalue weighted by Crippen LogP contribution is 2.23. The Balaban J connectivity index is 1.75. The molecule has 3 rings (SSSR count). The van der Waals surface area contributed by atoms with E-state index in [9.17, 15) is 0 Å². The van der Waals surface area contributed by atoms with E-state index in [-0.39, 0.29) is 12.1 Å². The quantitative estimate of drug-likeness (QED) is 0.920. The van der Waals surface area contributed by atoms with Crippen LogP contribution in [-0.2, 0) is 18.4 Å². The number of para-hydroxylation sites is 1. The minimum Gasteiger partial charge on any atom is -0.370 e. The van der Waals surface area contributed by atoms with Crippen LogP contribution in [0, 0.1) is 0 Å². The highest BCUT2D eigenvalue weighted by atomic mass is 16.5. The number of hydrogen-bond acceptors (Lipinski definition) is 3. The third kappa shape index (κ3) is 2.51. The summed E-state index contributed by atoms with van der Waals surface area (Å²) in [4.78, 5) is 0. The predicted octanol–water partition coefficient (Wildman–Crippen LogP) is 2.36. The minimum absolute atomic E-state index is 0.184. The zero-order valence-corrected chi connectivity index (χ0v) is 11.4. The van der Waals surface area contributed by atoms with Gasteiger partial charge < -0.3 is 10.5 Å². The van der Waals surface area contributed by atoms with Gasteiger partial charge in [-0.3, -0.25) is 4.68 Å². The Morgan fingerprint density at radius 1 is 1.32 bits per heavy atom. The predicted molar refractivity (Wildman–Crippen MR) is 75.7 cm³/mol. The van der Waals surface area contributed by atoms with Gasteiger partial charge in [0, 0.05) is 18.5 Å². The van der Waals surface area contributed by atoms with Crippen LogP contribution in [0.2, 0.25) is 0 Å². The fraction of sp³-hybridized carbons (Fsp3) is 0.533. The standard InChI is InChI=1S/C15H21N3O/c1-18-14-8-4-2-6-11(14)13(17-18)10-19-15-9-5-3-7-12(15)16/h2,4,6,8,12,15H,3,5,7,9-10,16H2,1H3. The lowest BCUT2D eigenvalue weighted by Gasteiger charge is -2.28. The largest absolute Gasteiger partial charge is 0.370 e. The molecule has 0 radical (unpaired) electrons. The zero-order chi connectivity index (χ0) is 13.2. The van der Waals surface area contributed by atoms with E-state index in [1.165, 1.54) is 18.2 Å². The summed E-state index contributed by atoms with van der Waals surface area (Å²) in [5.41, 5.74) is 8.27. The van der Waals surface area contributed by atoms with Crippen LogP contribution in [0.1, 0.15) is 31.4 Å². The minimum atomic E-state index is 0.184. The van der Waals surface area contributed by atoms with E-state index >= 15 is 0 Å². The van der Waals surface area contributed by atoms with Crippen molar-refractivity contribution in [3.05, 3.63) is 30.0 Å². The van der Waals surface area contributed by atoms with Gasteiger partial charge in [-0.2, -0.15) is 5.10 Å². The van der Waals surface area contributed by atoms with Crippen molar-refractivity contribution in [2.24, 2.45) is 12.8 Å². The molecule has 2 aromatic rings. The number of nitrogens with two attached hydrogens (primary N) is 1. The number of benzene rings is 1. The molecule has 102 valence electrons. The highest BCUT2D eigenvalue weighted by Gasteiger charge is 2.23. The normalized spacial score (nSPS) is 23.9. The van der Waals surface area contributed by atoms with Gasteiger partial charge in [-0.25, -0.2) is 0 Å². The Bertz CT molecular complexity index is 564. The van der Waals surface area contributed by atoms with Crippen LogP contribution in [-0.4, -0.2) is 21.9 Å². The van der Waals surface area contributed by atoms with Gasteiger partial charge in [-0.15, -0.1) is 0 Å². The number of aromatic nitrogens is 2. The van der Waals surface area contributed by atoms with Gasteiger partial charge >= 0.3 is 0 Å². The summed E-state index contributed by atoms with van der Waals surface area (Å²) in [6.07, 6.45) is 4.79. The molecule has 2 N–H and O–H groups in total. The molecular formula is C15H21N3O. The summed E-state index contributed by atoms with van der Waals surface area (Å²) >= 11 is 0. The molecule has 0 aliphatic heterocycles. The molecule has 2 unspecified atom stereocenters. The second kappa shape index (κ2) is 5.31. The number of hydrogen-bond donors (Lipinski definition) is 1. The first-order valence-electron chi connectivity index (χ1n) is 7.03. The molecule has 4 nitrogen and oxygen atoms in total. The van der Waals surface area contributed by atoms with Crippen LogP contribution in [0.3, 0.4) is 0 Å². The lowest BCUT2D eigenvalue weighted by Crippen LogP contribution is -2.39. The summed E-state index contributed by atoms with van der Waals surface area (Å²) in [5.74, 6) is 0. The van der Waals surface area contributed by atoms with Crippen molar-refractivity contribution in [2.75, 3.05) is 0 Å². The summed E-state index contributed by atoms with van der Waals surface area (Å²) in [5, 5.41) is 5.73. The molecule has 0 bridgehead atoms. The number of aryl methyl sites for hydroxylation is 1. The lowest BCUT2D eigenvalue weighted by molar-refractivity contribution is 0.00288. The molecule has 1 aromatic carbocycles. The molecule has 1 aliphatic carbocycles. The Morgan fingerprint density at radius 3 is 2.95 bits per heavy atom. The van der Waals surface area contributed by atoms with E-state index in [4.69, 9.17) is 10.5 Å². The fourth-order valence-electron chi connectivity index (χ4n) is 2.91. The first kappa shape index (κ1) is 12.6. The average Bonchev–Trinajstić information content (AvgIpc) is 2.75. The van der Waals surface area contributed by atoms with Gasteiger partial charge in [0.1, 0.15) is 0 Å². The fourth-order valence-corrected chi connectivity index (χ4v) is 2.91. The Morgan fingerprint density at radius 2 is 2.11 bits per heavy atom. The van der Waals surface area contributed by atoms with E-state index in [0.29, 0.717) is 6.61 Å². The van der Waals surface area contributed by atoms with E-state index in [2.05, 4.69) is 17.2 Å². The van der Waals surface area contributed by atoms with Crippen LogP contribution in [0.15, 0.2) is 24.3 Å². The monoisotopic (exact) mass is 259 g/mol. The van der Waals surface area contributed by atoms with Gasteiger partial charge in [0.25, 0.3) is 0 Å². The first-order chi connectivity index (χ1) is 9.25. The van der Waals surface area contributed by atoms with Gasteiger partial charge in [-0.1, -0.05) is 31.0 Å². The van der Waals surface area contributed by atoms with Crippen molar-refractivity contribution < 1.29 is 4.74 Å². The molecule has 19 heavy (non-hydrogen) atoms. The zero-order valence-electron chi connectivity index (χ0n) is 11.4. The Hall–Kier alpha value is -1.39. The van der Waals surface area contributed by atoms with Crippen LogP contribution in [0.25, 0.3) is 10.9 Å². The molecule has 1 aliphatic rings. The molecule has 1 heterocycles. The smallest absolute Gasteiger partial charge is 0.0960 e. The number of fused-ring (bicyclic) bond motifs is 1. The average molecular weight is 259 g/mol. The Labute approximate surface area is 113 Å². The van der Waals surface area contributed by atoms with E-state index in [0.717, 1.165) is 24.1 Å². The summed E-state index contributed by atoms with van der Waals surface area (Å²) in [6, 6.07) is 8.44. The molecule has 1 saturated carbocycles. The molecule has 0 spiro atoms. The van der Waals surface area contributed by atoms with Crippen molar-refractivity contribution in [2.45, 2.75) is 44.4 Å². The third-order valence-corrected chi connectivity index (χ3v) is 4.02. The topological polar surface area (TPSA) is 53.1 Å². The van der Waals surface area contributed by atoms with Crippen LogP contribution in [0.5, 0.6) is 0 Å². The molecule has 0 amide bonds. The van der Waals surface area contributed by atoms with Gasteiger partial charge in [0.15, 0.2) is 0 Å². The summed E-state index contributed by atoms with van der Waals surface area (Å²) in [6.45, 7) is 0.555. The number of rotatable bonds is 3.